The number of epoxide rings is 1. The van der Waals surface area contributed by atoms with Crippen LogP contribution in [0, 0.1) is 29.6 Å². The van der Waals surface area contributed by atoms with E-state index in [0.29, 0.717) is 6.42 Å². The van der Waals surface area contributed by atoms with E-state index in [1.165, 1.54) is 21.0 Å². The third kappa shape index (κ3) is 10.1. The van der Waals surface area contributed by atoms with Crippen LogP contribution in [0.15, 0.2) is 0 Å². The number of nitrogens with zero attached hydrogens (tertiary/aromatic N) is 1. The van der Waals surface area contributed by atoms with Gasteiger partial charge < -0.3 is 47.5 Å². The molecule has 0 aliphatic carbocycles. The summed E-state index contributed by atoms with van der Waals surface area (Å²) in [6.07, 6.45) is -7.11. The van der Waals surface area contributed by atoms with Crippen molar-refractivity contribution in [2.75, 3.05) is 27.8 Å². The number of cyclic esters (lactones) is 1. The van der Waals surface area contributed by atoms with Gasteiger partial charge in [-0.3, -0.25) is 24.0 Å². The van der Waals surface area contributed by atoms with E-state index in [2.05, 4.69) is 0 Å². The average Bonchev–Trinajstić information content (AvgIpc) is 3.88. The summed E-state index contributed by atoms with van der Waals surface area (Å²) in [5, 5.41) is 0. The summed E-state index contributed by atoms with van der Waals surface area (Å²) in [7, 11) is 5.24. The van der Waals surface area contributed by atoms with E-state index in [1.807, 2.05) is 39.8 Å². The smallest absolute Gasteiger partial charge is 0.311 e. The van der Waals surface area contributed by atoms with Gasteiger partial charge >= 0.3 is 17.9 Å². The number of rotatable bonds is 8. The molecule has 308 valence electrons. The van der Waals surface area contributed by atoms with Crippen LogP contribution < -0.4 is 0 Å². The summed E-state index contributed by atoms with van der Waals surface area (Å²) < 4.78 is 55.1. The van der Waals surface area contributed by atoms with Crippen LogP contribution in [-0.4, -0.2) is 135 Å². The zero-order chi connectivity index (χ0) is 40.4. The Labute approximate surface area is 319 Å². The summed E-state index contributed by atoms with van der Waals surface area (Å²) in [4.78, 5) is 68.0. The van der Waals surface area contributed by atoms with Crippen molar-refractivity contribution in [2.45, 2.75) is 162 Å². The van der Waals surface area contributed by atoms with Crippen LogP contribution in [0.2, 0.25) is 0 Å². The molecule has 4 saturated heterocycles. The van der Waals surface area contributed by atoms with E-state index < -0.39 is 108 Å². The molecule has 0 bridgehead atoms. The van der Waals surface area contributed by atoms with Crippen LogP contribution in [0.5, 0.6) is 0 Å². The number of ketones is 2. The highest BCUT2D eigenvalue weighted by atomic mass is 16.7. The maximum atomic E-state index is 14.3. The van der Waals surface area contributed by atoms with Crippen molar-refractivity contribution in [1.82, 2.24) is 4.90 Å². The number of hydrogen-bond donors (Lipinski definition) is 0. The molecule has 4 aliphatic heterocycles. The molecular formula is C39H63NO14. The third-order valence-corrected chi connectivity index (χ3v) is 11.7. The fraction of sp³-hybridized carbons (Fsp3) is 0.872. The molecule has 4 aliphatic rings. The molecule has 4 fully saturated rings. The lowest BCUT2D eigenvalue weighted by Gasteiger charge is -2.46. The van der Waals surface area contributed by atoms with Crippen LogP contribution in [0.4, 0.5) is 0 Å². The van der Waals surface area contributed by atoms with E-state index in [0.717, 1.165) is 0 Å². The second-order valence-corrected chi connectivity index (χ2v) is 16.3. The van der Waals surface area contributed by atoms with Crippen molar-refractivity contribution in [3.05, 3.63) is 0 Å². The molecule has 1 spiro atoms. The predicted molar refractivity (Wildman–Crippen MR) is 192 cm³/mol. The number of carbonyl (C=O) groups excluding carboxylic acids is 5. The molecule has 15 heteroatoms. The number of ether oxygens (including phenoxy) is 9. The Balaban J connectivity index is 1.82. The van der Waals surface area contributed by atoms with E-state index in [4.69, 9.17) is 42.6 Å². The van der Waals surface area contributed by atoms with Gasteiger partial charge in [-0.1, -0.05) is 27.7 Å². The summed E-state index contributed by atoms with van der Waals surface area (Å²) in [6.45, 7) is 17.0. The minimum atomic E-state index is -1.18. The topological polar surface area (TPSA) is 175 Å². The molecule has 0 saturated carbocycles. The average molecular weight is 770 g/mol. The Kier molecular flexibility index (Phi) is 14.9. The molecule has 4 heterocycles. The maximum absolute atomic E-state index is 14.3. The van der Waals surface area contributed by atoms with Gasteiger partial charge in [0.15, 0.2) is 35.9 Å². The molecular weight excluding hydrogens is 706 g/mol. The first-order chi connectivity index (χ1) is 25.2. The fourth-order valence-electron chi connectivity index (χ4n) is 8.45. The summed E-state index contributed by atoms with van der Waals surface area (Å²) in [6, 6.07) is -0.240. The Morgan fingerprint density at radius 2 is 1.39 bits per heavy atom. The molecule has 0 aromatic rings. The first kappa shape index (κ1) is 44.2. The fourth-order valence-corrected chi connectivity index (χ4v) is 8.45. The van der Waals surface area contributed by atoms with Crippen LogP contribution >= 0.6 is 0 Å². The Bertz CT molecular complexity index is 1350. The number of methoxy groups -OCH3 is 1. The number of Topliss-reactive ketones (excluding diaryl/α,β-unsaturated/α-hetero) is 2. The number of carbonyl (C=O) groups is 5. The van der Waals surface area contributed by atoms with Crippen molar-refractivity contribution >= 4 is 29.5 Å². The van der Waals surface area contributed by atoms with E-state index >= 15 is 0 Å². The number of hydrogen-bond acceptors (Lipinski definition) is 15. The molecule has 54 heavy (non-hydrogen) atoms. The summed E-state index contributed by atoms with van der Waals surface area (Å²) in [5.41, 5.74) is -1.18. The molecule has 4 rings (SSSR count). The number of likely N-dealkylation sites (N-methyl/N-ethyl adjacent to an activating group) is 1. The van der Waals surface area contributed by atoms with Crippen LogP contribution in [0.3, 0.4) is 0 Å². The van der Waals surface area contributed by atoms with Crippen molar-refractivity contribution in [3.8, 4) is 0 Å². The van der Waals surface area contributed by atoms with Crippen LogP contribution in [0.25, 0.3) is 0 Å². The maximum Gasteiger partial charge on any atom is 0.311 e. The quantitative estimate of drug-likeness (QED) is 0.200. The third-order valence-electron chi connectivity index (χ3n) is 11.7. The molecule has 0 aromatic carbocycles. The van der Waals surface area contributed by atoms with Gasteiger partial charge in [0.1, 0.15) is 24.4 Å². The SMILES string of the molecule is CO[C@@H]1C[C@H](O[C@H]2[C@@H](C)[C@@H](O[C@@H]3O[C@H](C)C[C@H](N(C)C)[C@H]3OC(C)=O)[C@@H](C)C[C@@]3(CO3)C(=O)[C@H](C)[C@@H](OC(C)=O)[C@@H](C)[C@@H](C)OC(=O)[C@H]2C)O[C@@H](C)C1=O. The lowest BCUT2D eigenvalue weighted by atomic mass is 9.76. The Hall–Kier alpha value is -2.53. The highest BCUT2D eigenvalue weighted by molar-refractivity contribution is 5.92. The lowest BCUT2D eigenvalue weighted by Crippen LogP contribution is -2.58. The van der Waals surface area contributed by atoms with Crippen molar-refractivity contribution < 1.29 is 66.6 Å². The van der Waals surface area contributed by atoms with Gasteiger partial charge in [0.2, 0.25) is 0 Å². The molecule has 0 aromatic heterocycles. The zero-order valence-corrected chi connectivity index (χ0v) is 34.2. The first-order valence-electron chi connectivity index (χ1n) is 19.3. The van der Waals surface area contributed by atoms with Crippen molar-refractivity contribution in [3.63, 3.8) is 0 Å². The predicted octanol–water partition coefficient (Wildman–Crippen LogP) is 3.26. The van der Waals surface area contributed by atoms with E-state index in [-0.39, 0.29) is 43.2 Å². The lowest BCUT2D eigenvalue weighted by molar-refractivity contribution is -0.294. The Morgan fingerprint density at radius 3 is 1.94 bits per heavy atom. The van der Waals surface area contributed by atoms with Crippen LogP contribution in [0.1, 0.15) is 88.5 Å². The van der Waals surface area contributed by atoms with E-state index in [9.17, 15) is 24.0 Å². The number of esters is 3. The molecule has 15 nitrogen and oxygen atoms in total. The van der Waals surface area contributed by atoms with Gasteiger partial charge in [0, 0.05) is 39.2 Å². The second kappa shape index (κ2) is 18.2. The first-order valence-corrected chi connectivity index (χ1v) is 19.3. The van der Waals surface area contributed by atoms with Crippen molar-refractivity contribution in [1.29, 1.82) is 0 Å². The summed E-state index contributed by atoms with van der Waals surface area (Å²) >= 11 is 0. The standard InChI is InChI=1S/C39H63NO14/c1-18-16-39(17-47-39)36(44)22(5)33(51-26(9)41)20(3)24(7)50-37(45)23(6)34(53-30-15-29(46-13)31(43)25(8)49-30)21(4)32(18)54-38-35(52-27(10)42)28(40(11)12)14-19(2)48-38/h18-25,28-30,32-35,38H,14-17H2,1-13H3/t18-,19+,20-,21-,22+,23-,24+,25-,28-,29+,30-,32-,33-,34-,35+,38-,39+/m0/s1. The summed E-state index contributed by atoms with van der Waals surface area (Å²) in [5.74, 6) is -5.39. The van der Waals surface area contributed by atoms with E-state index in [1.54, 1.807) is 34.6 Å². The van der Waals surface area contributed by atoms with Gasteiger partial charge in [-0.05, 0) is 60.5 Å². The monoisotopic (exact) mass is 769 g/mol. The van der Waals surface area contributed by atoms with Gasteiger partial charge in [-0.25, -0.2) is 0 Å². The van der Waals surface area contributed by atoms with Gasteiger partial charge in [0.25, 0.3) is 0 Å². The van der Waals surface area contributed by atoms with Gasteiger partial charge in [-0.2, -0.15) is 0 Å². The molecule has 0 N–H and O–H groups in total. The zero-order valence-electron chi connectivity index (χ0n) is 34.2. The minimum Gasteiger partial charge on any atom is -0.462 e. The molecule has 0 amide bonds. The molecule has 0 radical (unpaired) electrons. The molecule has 17 atom stereocenters. The highest BCUT2D eigenvalue weighted by Gasteiger charge is 2.58. The molecule has 0 unspecified atom stereocenters. The minimum absolute atomic E-state index is 0.0921. The normalized spacial score (nSPS) is 44.0. The largest absolute Gasteiger partial charge is 0.462 e. The highest BCUT2D eigenvalue weighted by Crippen LogP contribution is 2.44. The van der Waals surface area contributed by atoms with Crippen LogP contribution in [-0.2, 0) is 66.6 Å². The van der Waals surface area contributed by atoms with Gasteiger partial charge in [0.05, 0.1) is 42.8 Å². The van der Waals surface area contributed by atoms with Gasteiger partial charge in [-0.15, -0.1) is 0 Å². The van der Waals surface area contributed by atoms with Crippen molar-refractivity contribution in [2.24, 2.45) is 29.6 Å². The second-order valence-electron chi connectivity index (χ2n) is 16.3. The Morgan fingerprint density at radius 1 is 0.778 bits per heavy atom.